The second kappa shape index (κ2) is 6.75. The van der Waals surface area contributed by atoms with Crippen LogP contribution in [0.15, 0.2) is 0 Å². The number of aliphatic carboxylic acids is 1. The fraction of sp³-hybridized carbons (Fsp3) is 0.846. The summed E-state index contributed by atoms with van der Waals surface area (Å²) in [5.74, 6) is -0.462. The first-order chi connectivity index (χ1) is 8.85. The van der Waals surface area contributed by atoms with Gasteiger partial charge in [0.2, 0.25) is 0 Å². The summed E-state index contributed by atoms with van der Waals surface area (Å²) in [6.45, 7) is 6.55. The van der Waals surface area contributed by atoms with Crippen molar-refractivity contribution in [2.45, 2.75) is 51.6 Å². The molecule has 1 aliphatic heterocycles. The van der Waals surface area contributed by atoms with Gasteiger partial charge in [0, 0.05) is 19.1 Å². The standard InChI is InChI=1S/C13H24N2O4/c1-9(2)4-5-10(3)14-12(18)15-13(11(16)17)6-7-19-8-13/h9-10H,4-8H2,1-3H3,(H,16,17)(H2,14,15,18). The van der Waals surface area contributed by atoms with Crippen molar-refractivity contribution in [1.29, 1.82) is 0 Å². The van der Waals surface area contributed by atoms with Crippen molar-refractivity contribution in [2.75, 3.05) is 13.2 Å². The van der Waals surface area contributed by atoms with Crippen molar-refractivity contribution in [1.82, 2.24) is 10.6 Å². The maximum absolute atomic E-state index is 11.8. The molecule has 110 valence electrons. The van der Waals surface area contributed by atoms with Crippen LogP contribution < -0.4 is 10.6 Å². The Labute approximate surface area is 113 Å². The summed E-state index contributed by atoms with van der Waals surface area (Å²) in [5.41, 5.74) is -1.28. The maximum atomic E-state index is 11.8. The van der Waals surface area contributed by atoms with Gasteiger partial charge < -0.3 is 20.5 Å². The molecule has 0 bridgehead atoms. The summed E-state index contributed by atoms with van der Waals surface area (Å²) in [4.78, 5) is 23.1. The van der Waals surface area contributed by atoms with E-state index in [2.05, 4.69) is 24.5 Å². The molecule has 0 aromatic heterocycles. The third kappa shape index (κ3) is 4.70. The van der Waals surface area contributed by atoms with E-state index in [0.717, 1.165) is 12.8 Å². The van der Waals surface area contributed by atoms with Crippen LogP contribution in [0.5, 0.6) is 0 Å². The van der Waals surface area contributed by atoms with E-state index < -0.39 is 17.5 Å². The Morgan fingerprint density at radius 3 is 2.47 bits per heavy atom. The lowest BCUT2D eigenvalue weighted by molar-refractivity contribution is -0.144. The Kier molecular flexibility index (Phi) is 5.60. The molecule has 0 saturated carbocycles. The number of hydrogen-bond acceptors (Lipinski definition) is 3. The van der Waals surface area contributed by atoms with Gasteiger partial charge in [-0.1, -0.05) is 13.8 Å². The van der Waals surface area contributed by atoms with Crippen LogP contribution in [0.4, 0.5) is 4.79 Å². The maximum Gasteiger partial charge on any atom is 0.332 e. The number of amides is 2. The van der Waals surface area contributed by atoms with E-state index in [1.54, 1.807) is 0 Å². The highest BCUT2D eigenvalue weighted by Crippen LogP contribution is 2.18. The zero-order valence-electron chi connectivity index (χ0n) is 11.9. The molecule has 2 atom stereocenters. The summed E-state index contributed by atoms with van der Waals surface area (Å²) in [6.07, 6.45) is 2.20. The summed E-state index contributed by atoms with van der Waals surface area (Å²) in [7, 11) is 0. The van der Waals surface area contributed by atoms with Crippen LogP contribution in [0.2, 0.25) is 0 Å². The summed E-state index contributed by atoms with van der Waals surface area (Å²) < 4.78 is 5.08. The lowest BCUT2D eigenvalue weighted by Crippen LogP contribution is -2.58. The minimum Gasteiger partial charge on any atom is -0.479 e. The Morgan fingerprint density at radius 2 is 2.00 bits per heavy atom. The molecule has 1 fully saturated rings. The first kappa shape index (κ1) is 15.8. The number of carbonyl (C=O) groups excluding carboxylic acids is 1. The van der Waals surface area contributed by atoms with Crippen LogP contribution in [0.25, 0.3) is 0 Å². The molecule has 1 heterocycles. The molecule has 1 saturated heterocycles. The minimum absolute atomic E-state index is 0.0237. The fourth-order valence-electron chi connectivity index (χ4n) is 2.02. The van der Waals surface area contributed by atoms with Crippen molar-refractivity contribution >= 4 is 12.0 Å². The number of carbonyl (C=O) groups is 2. The molecule has 0 aromatic rings. The van der Waals surface area contributed by atoms with Crippen LogP contribution in [0.1, 0.15) is 40.0 Å². The van der Waals surface area contributed by atoms with Crippen molar-refractivity contribution in [3.05, 3.63) is 0 Å². The topological polar surface area (TPSA) is 87.7 Å². The molecular weight excluding hydrogens is 248 g/mol. The van der Waals surface area contributed by atoms with Gasteiger partial charge in [0.25, 0.3) is 0 Å². The van der Waals surface area contributed by atoms with E-state index >= 15 is 0 Å². The monoisotopic (exact) mass is 272 g/mol. The van der Waals surface area contributed by atoms with Gasteiger partial charge in [0.15, 0.2) is 5.54 Å². The Morgan fingerprint density at radius 1 is 1.32 bits per heavy atom. The van der Waals surface area contributed by atoms with E-state index in [1.165, 1.54) is 0 Å². The first-order valence-corrected chi connectivity index (χ1v) is 6.75. The summed E-state index contributed by atoms with van der Waals surface area (Å²) in [6, 6.07) is -0.417. The normalized spacial score (nSPS) is 24.2. The second-order valence-corrected chi connectivity index (χ2v) is 5.66. The smallest absolute Gasteiger partial charge is 0.332 e. The van der Waals surface area contributed by atoms with Gasteiger partial charge in [-0.05, 0) is 25.7 Å². The zero-order chi connectivity index (χ0) is 14.5. The van der Waals surface area contributed by atoms with Crippen LogP contribution in [-0.4, -0.2) is 41.9 Å². The molecule has 0 aromatic carbocycles. The molecule has 19 heavy (non-hydrogen) atoms. The molecule has 1 aliphatic rings. The quantitative estimate of drug-likeness (QED) is 0.681. The highest BCUT2D eigenvalue weighted by molar-refractivity contribution is 5.86. The van der Waals surface area contributed by atoms with E-state index in [-0.39, 0.29) is 12.6 Å². The van der Waals surface area contributed by atoms with Crippen LogP contribution in [0.3, 0.4) is 0 Å². The number of rotatable bonds is 6. The number of ether oxygens (including phenoxy) is 1. The van der Waals surface area contributed by atoms with Crippen molar-refractivity contribution in [2.24, 2.45) is 5.92 Å². The van der Waals surface area contributed by atoms with Gasteiger partial charge in [-0.3, -0.25) is 0 Å². The van der Waals surface area contributed by atoms with Gasteiger partial charge in [0.05, 0.1) is 6.61 Å². The third-order valence-electron chi connectivity index (χ3n) is 3.34. The van der Waals surface area contributed by atoms with Crippen molar-refractivity contribution in [3.63, 3.8) is 0 Å². The van der Waals surface area contributed by atoms with Gasteiger partial charge in [-0.15, -0.1) is 0 Å². The average Bonchev–Trinajstić information content (AvgIpc) is 2.76. The van der Waals surface area contributed by atoms with E-state index in [9.17, 15) is 14.7 Å². The molecule has 0 aliphatic carbocycles. The molecule has 2 amide bonds. The molecule has 6 heteroatoms. The number of urea groups is 1. The largest absolute Gasteiger partial charge is 0.479 e. The molecule has 6 nitrogen and oxygen atoms in total. The Bertz CT molecular complexity index is 325. The van der Waals surface area contributed by atoms with E-state index in [4.69, 9.17) is 4.74 Å². The summed E-state index contributed by atoms with van der Waals surface area (Å²) in [5, 5.41) is 14.5. The predicted molar refractivity (Wildman–Crippen MR) is 71.0 cm³/mol. The Balaban J connectivity index is 2.43. The van der Waals surface area contributed by atoms with Crippen molar-refractivity contribution in [3.8, 4) is 0 Å². The fourth-order valence-corrected chi connectivity index (χ4v) is 2.02. The first-order valence-electron chi connectivity index (χ1n) is 6.75. The van der Waals surface area contributed by atoms with E-state index in [1.807, 2.05) is 6.92 Å². The van der Waals surface area contributed by atoms with Crippen molar-refractivity contribution < 1.29 is 19.4 Å². The SMILES string of the molecule is CC(C)CCC(C)NC(=O)NC1(C(=O)O)CCOC1. The molecule has 3 N–H and O–H groups in total. The highest BCUT2D eigenvalue weighted by Gasteiger charge is 2.44. The Hall–Kier alpha value is -1.30. The van der Waals surface area contributed by atoms with Gasteiger partial charge >= 0.3 is 12.0 Å². The number of carboxylic acid groups (broad SMARTS) is 1. The van der Waals surface area contributed by atoms with Crippen LogP contribution in [-0.2, 0) is 9.53 Å². The summed E-state index contributed by atoms with van der Waals surface area (Å²) >= 11 is 0. The van der Waals surface area contributed by atoms with Gasteiger partial charge in [-0.2, -0.15) is 0 Å². The molecular formula is C13H24N2O4. The lowest BCUT2D eigenvalue weighted by atomic mass is 9.99. The van der Waals surface area contributed by atoms with Crippen LogP contribution >= 0.6 is 0 Å². The number of hydrogen-bond donors (Lipinski definition) is 3. The molecule has 0 radical (unpaired) electrons. The minimum atomic E-state index is -1.28. The average molecular weight is 272 g/mol. The zero-order valence-corrected chi connectivity index (χ0v) is 11.9. The van der Waals surface area contributed by atoms with Crippen LogP contribution in [0, 0.1) is 5.92 Å². The van der Waals surface area contributed by atoms with E-state index in [0.29, 0.717) is 18.9 Å². The predicted octanol–water partition coefficient (Wildman–Crippen LogP) is 1.35. The van der Waals surface area contributed by atoms with Gasteiger partial charge in [0.1, 0.15) is 0 Å². The highest BCUT2D eigenvalue weighted by atomic mass is 16.5. The van der Waals surface area contributed by atoms with Gasteiger partial charge in [-0.25, -0.2) is 9.59 Å². The number of carboxylic acids is 1. The second-order valence-electron chi connectivity index (χ2n) is 5.66. The molecule has 0 spiro atoms. The lowest BCUT2D eigenvalue weighted by Gasteiger charge is -2.25. The number of nitrogens with one attached hydrogen (secondary N) is 2. The third-order valence-corrected chi connectivity index (χ3v) is 3.34. The molecule has 1 rings (SSSR count). The molecule has 2 unspecified atom stereocenters.